The van der Waals surface area contributed by atoms with E-state index in [0.717, 1.165) is 42.7 Å². The first-order chi connectivity index (χ1) is 16.1. The summed E-state index contributed by atoms with van der Waals surface area (Å²) in [5.41, 5.74) is 3.28. The minimum Gasteiger partial charge on any atom is -0.490 e. The van der Waals surface area contributed by atoms with Gasteiger partial charge in [-0.3, -0.25) is 0 Å². The lowest BCUT2D eigenvalue weighted by Gasteiger charge is -2.30. The minimum atomic E-state index is -0.958. The van der Waals surface area contributed by atoms with Crippen molar-refractivity contribution >= 4 is 5.97 Å². The molecule has 0 amide bonds. The van der Waals surface area contributed by atoms with E-state index in [0.29, 0.717) is 6.42 Å². The van der Waals surface area contributed by atoms with E-state index in [1.54, 1.807) is 0 Å². The van der Waals surface area contributed by atoms with Crippen molar-refractivity contribution in [2.24, 2.45) is 0 Å². The van der Waals surface area contributed by atoms with Gasteiger partial charge in [-0.1, -0.05) is 54.6 Å². The van der Waals surface area contributed by atoms with Gasteiger partial charge in [-0.2, -0.15) is 0 Å². The van der Waals surface area contributed by atoms with Gasteiger partial charge in [0.05, 0.1) is 0 Å². The molecule has 0 unspecified atom stereocenters. The van der Waals surface area contributed by atoms with Crippen molar-refractivity contribution in [3.63, 3.8) is 0 Å². The van der Waals surface area contributed by atoms with E-state index in [4.69, 9.17) is 19.3 Å². The Balaban J connectivity index is 1.30. The number of aliphatic carboxylic acids is 1. The molecule has 5 heteroatoms. The van der Waals surface area contributed by atoms with Crippen LogP contribution in [0.15, 0.2) is 78.9 Å². The topological polar surface area (TPSA) is 65.0 Å². The fraction of sp³-hybridized carbons (Fsp3) is 0.321. The molecule has 1 aliphatic rings. The Morgan fingerprint density at radius 3 is 1.94 bits per heavy atom. The van der Waals surface area contributed by atoms with E-state index >= 15 is 0 Å². The average molecular weight is 447 g/mol. The highest BCUT2D eigenvalue weighted by Crippen LogP contribution is 2.29. The number of carbonyl (C=O) groups is 1. The van der Waals surface area contributed by atoms with Crippen molar-refractivity contribution < 1.29 is 24.1 Å². The second-order valence-corrected chi connectivity index (χ2v) is 8.45. The molecule has 0 aromatic heterocycles. The van der Waals surface area contributed by atoms with Gasteiger partial charge in [-0.05, 0) is 60.2 Å². The fourth-order valence-corrected chi connectivity index (χ4v) is 4.25. The molecule has 3 aromatic carbocycles. The molecule has 0 bridgehead atoms. The lowest BCUT2D eigenvalue weighted by atomic mass is 9.94. The van der Waals surface area contributed by atoms with Crippen LogP contribution in [0.1, 0.15) is 31.2 Å². The molecule has 1 fully saturated rings. The molecule has 0 aliphatic heterocycles. The highest BCUT2D eigenvalue weighted by Gasteiger charge is 2.25. The van der Waals surface area contributed by atoms with Gasteiger partial charge in [0.15, 0.2) is 6.10 Å². The second-order valence-electron chi connectivity index (χ2n) is 8.45. The summed E-state index contributed by atoms with van der Waals surface area (Å²) in [6.45, 7) is 0. The largest absolute Gasteiger partial charge is 0.490 e. The molecule has 1 aliphatic carbocycles. The Labute approximate surface area is 194 Å². The molecule has 172 valence electrons. The van der Waals surface area contributed by atoms with Crippen molar-refractivity contribution in [3.8, 4) is 22.6 Å². The van der Waals surface area contributed by atoms with Crippen molar-refractivity contribution in [1.29, 1.82) is 0 Å². The number of carboxylic acids is 1. The number of hydrogen-bond acceptors (Lipinski definition) is 4. The van der Waals surface area contributed by atoms with Gasteiger partial charge in [0, 0.05) is 20.0 Å². The molecule has 5 nitrogen and oxygen atoms in total. The van der Waals surface area contributed by atoms with Crippen LogP contribution in [-0.4, -0.2) is 36.5 Å². The lowest BCUT2D eigenvalue weighted by molar-refractivity contribution is -0.148. The Kier molecular flexibility index (Phi) is 7.63. The first-order valence-electron chi connectivity index (χ1n) is 11.4. The van der Waals surface area contributed by atoms with Crippen LogP contribution in [0, 0.1) is 0 Å². The zero-order valence-corrected chi connectivity index (χ0v) is 18.9. The Bertz CT molecular complexity index is 1010. The summed E-state index contributed by atoms with van der Waals surface area (Å²) in [7, 11) is 1.41. The third kappa shape index (κ3) is 6.36. The van der Waals surface area contributed by atoms with E-state index in [1.165, 1.54) is 18.2 Å². The van der Waals surface area contributed by atoms with E-state index in [-0.39, 0.29) is 12.2 Å². The molecule has 0 heterocycles. The van der Waals surface area contributed by atoms with Gasteiger partial charge in [-0.25, -0.2) is 4.79 Å². The van der Waals surface area contributed by atoms with Crippen LogP contribution in [0.25, 0.3) is 11.1 Å². The third-order valence-corrected chi connectivity index (χ3v) is 6.05. The van der Waals surface area contributed by atoms with Crippen molar-refractivity contribution in [2.75, 3.05) is 7.11 Å². The number of rotatable bonds is 9. The Morgan fingerprint density at radius 2 is 1.39 bits per heavy atom. The quantitative estimate of drug-likeness (QED) is 0.452. The molecular weight excluding hydrogens is 416 g/mol. The first-order valence-corrected chi connectivity index (χ1v) is 11.4. The highest BCUT2D eigenvalue weighted by atomic mass is 16.5. The van der Waals surface area contributed by atoms with E-state index in [1.807, 2.05) is 54.6 Å². The van der Waals surface area contributed by atoms with E-state index in [2.05, 4.69) is 24.3 Å². The van der Waals surface area contributed by atoms with Crippen LogP contribution < -0.4 is 9.47 Å². The summed E-state index contributed by atoms with van der Waals surface area (Å²) >= 11 is 0. The first kappa shape index (κ1) is 22.9. The molecule has 3 aromatic rings. The molecule has 3 atom stereocenters. The number of methoxy groups -OCH3 is 1. The van der Waals surface area contributed by atoms with Crippen LogP contribution in [0.4, 0.5) is 0 Å². The SMILES string of the molecule is CO[C@@H](Cc1ccc(O[C@@H]2CCC[C@H](Oc3ccc(-c4ccccc4)cc3)C2)cc1)C(=O)O. The number of carboxylic acid groups (broad SMARTS) is 1. The Morgan fingerprint density at radius 1 is 0.848 bits per heavy atom. The maximum absolute atomic E-state index is 11.1. The molecule has 1 saturated carbocycles. The predicted octanol–water partition coefficient (Wildman–Crippen LogP) is 5.76. The summed E-state index contributed by atoms with van der Waals surface area (Å²) in [5.74, 6) is 0.720. The molecular formula is C28H30O5. The van der Waals surface area contributed by atoms with E-state index < -0.39 is 12.1 Å². The monoisotopic (exact) mass is 446 g/mol. The number of ether oxygens (including phenoxy) is 3. The van der Waals surface area contributed by atoms with Crippen LogP contribution >= 0.6 is 0 Å². The Hall–Kier alpha value is -3.31. The molecule has 1 N–H and O–H groups in total. The van der Waals surface area contributed by atoms with Gasteiger partial charge in [0.1, 0.15) is 23.7 Å². The van der Waals surface area contributed by atoms with Crippen molar-refractivity contribution in [3.05, 3.63) is 84.4 Å². The normalized spacial score (nSPS) is 18.9. The third-order valence-electron chi connectivity index (χ3n) is 6.05. The number of benzene rings is 3. The molecule has 0 radical (unpaired) electrons. The average Bonchev–Trinajstić information content (AvgIpc) is 2.84. The highest BCUT2D eigenvalue weighted by molar-refractivity contribution is 5.72. The van der Waals surface area contributed by atoms with E-state index in [9.17, 15) is 4.79 Å². The second kappa shape index (κ2) is 11.0. The van der Waals surface area contributed by atoms with Crippen LogP contribution in [0.5, 0.6) is 11.5 Å². The van der Waals surface area contributed by atoms with Crippen LogP contribution in [0.3, 0.4) is 0 Å². The summed E-state index contributed by atoms with van der Waals surface area (Å²) in [5, 5.41) is 9.14. The van der Waals surface area contributed by atoms with Gasteiger partial charge < -0.3 is 19.3 Å². The van der Waals surface area contributed by atoms with Gasteiger partial charge in [0.25, 0.3) is 0 Å². The van der Waals surface area contributed by atoms with Crippen molar-refractivity contribution in [2.45, 2.75) is 50.4 Å². The maximum Gasteiger partial charge on any atom is 0.333 e. The molecule has 33 heavy (non-hydrogen) atoms. The standard InChI is InChI=1S/C28H30O5/c1-31-27(28(29)30)18-20-10-14-23(15-11-20)32-25-8-5-9-26(19-25)33-24-16-12-22(13-17-24)21-6-3-2-4-7-21/h2-4,6-7,10-17,25-27H,5,8-9,18-19H2,1H3,(H,29,30)/t25-,26+,27+/m1/s1. The lowest BCUT2D eigenvalue weighted by Crippen LogP contribution is -2.32. The summed E-state index contributed by atoms with van der Waals surface area (Å²) < 4.78 is 17.5. The molecule has 0 saturated heterocycles. The van der Waals surface area contributed by atoms with Crippen LogP contribution in [0.2, 0.25) is 0 Å². The smallest absolute Gasteiger partial charge is 0.333 e. The minimum absolute atomic E-state index is 0.101. The number of hydrogen-bond donors (Lipinski definition) is 1. The van der Waals surface area contributed by atoms with Crippen LogP contribution in [-0.2, 0) is 16.0 Å². The fourth-order valence-electron chi connectivity index (χ4n) is 4.25. The predicted molar refractivity (Wildman–Crippen MR) is 128 cm³/mol. The van der Waals surface area contributed by atoms with Gasteiger partial charge >= 0.3 is 5.97 Å². The zero-order valence-electron chi connectivity index (χ0n) is 18.9. The van der Waals surface area contributed by atoms with Gasteiger partial charge in [-0.15, -0.1) is 0 Å². The summed E-state index contributed by atoms with van der Waals surface area (Å²) in [6.07, 6.45) is 3.64. The summed E-state index contributed by atoms with van der Waals surface area (Å²) in [4.78, 5) is 11.1. The zero-order chi connectivity index (χ0) is 23.0. The van der Waals surface area contributed by atoms with Crippen molar-refractivity contribution in [1.82, 2.24) is 0 Å². The summed E-state index contributed by atoms with van der Waals surface area (Å²) in [6, 6.07) is 26.2. The molecule has 4 rings (SSSR count). The maximum atomic E-state index is 11.1. The molecule has 0 spiro atoms. The van der Waals surface area contributed by atoms with Gasteiger partial charge in [0.2, 0.25) is 0 Å².